The fourth-order valence-electron chi connectivity index (χ4n) is 3.81. The molecular weight excluding hydrogens is 336 g/mol. The van der Waals surface area contributed by atoms with Crippen LogP contribution in [0, 0.1) is 10.8 Å². The second kappa shape index (κ2) is 9.05. The zero-order valence-corrected chi connectivity index (χ0v) is 16.6. The molecule has 26 heavy (non-hydrogen) atoms. The molecule has 0 spiro atoms. The van der Waals surface area contributed by atoms with E-state index >= 15 is 0 Å². The summed E-state index contributed by atoms with van der Waals surface area (Å²) < 4.78 is 9.96. The van der Waals surface area contributed by atoms with E-state index in [1.54, 1.807) is 6.92 Å². The molecule has 1 aliphatic carbocycles. The van der Waals surface area contributed by atoms with E-state index < -0.39 is 12.1 Å². The third-order valence-electron chi connectivity index (χ3n) is 4.43. The molecule has 0 aromatic carbocycles. The maximum atomic E-state index is 12.0. The Hall–Kier alpha value is -2.05. The van der Waals surface area contributed by atoms with Crippen molar-refractivity contribution in [2.45, 2.75) is 59.9 Å². The van der Waals surface area contributed by atoms with Gasteiger partial charge < -0.3 is 20.1 Å². The lowest BCUT2D eigenvalue weighted by atomic mass is 9.62. The summed E-state index contributed by atoms with van der Waals surface area (Å²) in [7, 11) is 0. The van der Waals surface area contributed by atoms with Crippen LogP contribution >= 0.6 is 0 Å². The third-order valence-corrected chi connectivity index (χ3v) is 4.43. The van der Waals surface area contributed by atoms with Gasteiger partial charge in [0.25, 0.3) is 0 Å². The molecule has 0 bridgehead atoms. The molecule has 2 atom stereocenters. The first-order valence-corrected chi connectivity index (χ1v) is 8.93. The molecule has 1 saturated carbocycles. The minimum atomic E-state index is -0.527. The number of hydrogen-bond donors (Lipinski definition) is 2. The second-order valence-corrected chi connectivity index (χ2v) is 8.36. The number of amides is 2. The van der Waals surface area contributed by atoms with Crippen molar-refractivity contribution in [2.75, 3.05) is 19.8 Å². The highest BCUT2D eigenvalue weighted by Crippen LogP contribution is 2.45. The Kier molecular flexibility index (Phi) is 7.66. The molecule has 7 heteroatoms. The lowest BCUT2D eigenvalue weighted by molar-refractivity contribution is -0.139. The van der Waals surface area contributed by atoms with Crippen LogP contribution in [0.3, 0.4) is 0 Å². The Bertz CT molecular complexity index is 558. The molecule has 0 aromatic rings. The Morgan fingerprint density at radius 2 is 1.69 bits per heavy atom. The smallest absolute Gasteiger partial charge is 0.407 e. The van der Waals surface area contributed by atoms with Gasteiger partial charge >= 0.3 is 12.1 Å². The zero-order valence-electron chi connectivity index (χ0n) is 16.6. The summed E-state index contributed by atoms with van der Waals surface area (Å²) in [5, 5.41) is 5.79. The van der Waals surface area contributed by atoms with Gasteiger partial charge in [-0.05, 0) is 37.0 Å². The molecule has 148 valence electrons. The predicted octanol–water partition coefficient (Wildman–Crippen LogP) is 2.55. The third kappa shape index (κ3) is 7.89. The van der Waals surface area contributed by atoms with Gasteiger partial charge in [-0.15, -0.1) is 0 Å². The highest BCUT2D eigenvalue weighted by molar-refractivity contribution is 5.86. The van der Waals surface area contributed by atoms with Crippen LogP contribution in [0.15, 0.2) is 12.2 Å². The first-order chi connectivity index (χ1) is 11.9. The van der Waals surface area contributed by atoms with Crippen molar-refractivity contribution in [1.82, 2.24) is 10.6 Å². The highest BCUT2D eigenvalue weighted by Gasteiger charge is 2.41. The van der Waals surface area contributed by atoms with Crippen molar-refractivity contribution >= 4 is 18.0 Å². The molecule has 0 aliphatic heterocycles. The maximum Gasteiger partial charge on any atom is 0.407 e. The van der Waals surface area contributed by atoms with Crippen molar-refractivity contribution in [3.63, 3.8) is 0 Å². The van der Waals surface area contributed by atoms with Gasteiger partial charge in [0.15, 0.2) is 0 Å². The minimum Gasteiger partial charge on any atom is -0.459 e. The number of carbonyl (C=O) groups excluding carboxylic acids is 3. The van der Waals surface area contributed by atoms with Gasteiger partial charge in [0.1, 0.15) is 13.2 Å². The summed E-state index contributed by atoms with van der Waals surface area (Å²) >= 11 is 0. The minimum absolute atomic E-state index is 0.00444. The number of rotatable bonds is 7. The summed E-state index contributed by atoms with van der Waals surface area (Å²) in [6.07, 6.45) is 2.03. The molecule has 0 saturated heterocycles. The summed E-state index contributed by atoms with van der Waals surface area (Å²) in [6, 6.07) is -0.0389. The fourth-order valence-corrected chi connectivity index (χ4v) is 3.81. The Morgan fingerprint density at radius 3 is 2.27 bits per heavy atom. The normalized spacial score (nSPS) is 24.3. The quantitative estimate of drug-likeness (QED) is 0.409. The average molecular weight is 368 g/mol. The number of carbonyl (C=O) groups is 3. The number of esters is 1. The van der Waals surface area contributed by atoms with Gasteiger partial charge in [-0.25, -0.2) is 9.59 Å². The van der Waals surface area contributed by atoms with Crippen LogP contribution < -0.4 is 10.6 Å². The molecule has 0 heterocycles. The maximum absolute atomic E-state index is 12.0. The van der Waals surface area contributed by atoms with Crippen LogP contribution in [0.25, 0.3) is 0 Å². The molecule has 2 N–H and O–H groups in total. The molecule has 2 amide bonds. The molecule has 1 aliphatic rings. The summed E-state index contributed by atoms with van der Waals surface area (Å²) in [5.41, 5.74) is 0.250. The summed E-state index contributed by atoms with van der Waals surface area (Å²) in [6.45, 7) is 13.6. The highest BCUT2D eigenvalue weighted by atomic mass is 16.6. The molecule has 0 radical (unpaired) electrons. The van der Waals surface area contributed by atoms with Crippen LogP contribution in [0.2, 0.25) is 0 Å². The van der Waals surface area contributed by atoms with E-state index in [2.05, 4.69) is 38.0 Å². The van der Waals surface area contributed by atoms with Gasteiger partial charge in [0, 0.05) is 25.1 Å². The van der Waals surface area contributed by atoms with Gasteiger partial charge in [-0.1, -0.05) is 27.4 Å². The molecule has 2 unspecified atom stereocenters. The van der Waals surface area contributed by atoms with E-state index in [0.29, 0.717) is 12.1 Å². The van der Waals surface area contributed by atoms with E-state index in [1.165, 1.54) is 6.92 Å². The lowest BCUT2D eigenvalue weighted by Crippen LogP contribution is -2.50. The van der Waals surface area contributed by atoms with E-state index in [4.69, 9.17) is 9.47 Å². The number of hydrogen-bond acceptors (Lipinski definition) is 5. The van der Waals surface area contributed by atoms with Crippen LogP contribution in [0.4, 0.5) is 4.79 Å². The number of nitrogens with one attached hydrogen (secondary N) is 2. The standard InChI is InChI=1S/C19H32N2O5/c1-13(2)16(23)25-7-8-26-17(24)21-15-9-18(4,5)11-19(6,10-15)12-20-14(3)22/h15H,1,7-12H2,2-6H3,(H,20,22)(H,21,24). The Balaban J connectivity index is 2.48. The van der Waals surface area contributed by atoms with Crippen molar-refractivity contribution in [2.24, 2.45) is 10.8 Å². The monoisotopic (exact) mass is 368 g/mol. The first kappa shape index (κ1) is 22.0. The van der Waals surface area contributed by atoms with Gasteiger partial charge in [0.05, 0.1) is 0 Å². The predicted molar refractivity (Wildman–Crippen MR) is 98.5 cm³/mol. The van der Waals surface area contributed by atoms with Crippen molar-refractivity contribution in [3.8, 4) is 0 Å². The zero-order chi connectivity index (χ0) is 20.0. The first-order valence-electron chi connectivity index (χ1n) is 8.93. The SMILES string of the molecule is C=C(C)C(=O)OCCOC(=O)NC1CC(C)(C)CC(C)(CNC(C)=O)C1. The molecule has 0 aromatic heterocycles. The van der Waals surface area contributed by atoms with Crippen LogP contribution in [0.5, 0.6) is 0 Å². The van der Waals surface area contributed by atoms with Gasteiger partial charge in [0.2, 0.25) is 5.91 Å². The Morgan fingerprint density at radius 1 is 1.08 bits per heavy atom. The van der Waals surface area contributed by atoms with Gasteiger partial charge in [-0.3, -0.25) is 4.79 Å². The van der Waals surface area contributed by atoms with E-state index in [-0.39, 0.29) is 36.0 Å². The molecule has 7 nitrogen and oxygen atoms in total. The lowest BCUT2D eigenvalue weighted by Gasteiger charge is -2.46. The van der Waals surface area contributed by atoms with Crippen molar-refractivity contribution in [1.29, 1.82) is 0 Å². The average Bonchev–Trinajstić information content (AvgIpc) is 2.47. The second-order valence-electron chi connectivity index (χ2n) is 8.36. The van der Waals surface area contributed by atoms with E-state index in [9.17, 15) is 14.4 Å². The van der Waals surface area contributed by atoms with Gasteiger partial charge in [-0.2, -0.15) is 0 Å². The van der Waals surface area contributed by atoms with Crippen LogP contribution in [-0.2, 0) is 19.1 Å². The van der Waals surface area contributed by atoms with E-state index in [1.807, 2.05) is 0 Å². The Labute approximate surface area is 155 Å². The summed E-state index contributed by atoms with van der Waals surface area (Å²) in [4.78, 5) is 34.5. The largest absolute Gasteiger partial charge is 0.459 e. The van der Waals surface area contributed by atoms with Crippen molar-refractivity contribution < 1.29 is 23.9 Å². The molecule has 1 rings (SSSR count). The topological polar surface area (TPSA) is 93.7 Å². The van der Waals surface area contributed by atoms with Crippen molar-refractivity contribution in [3.05, 3.63) is 12.2 Å². The summed E-state index contributed by atoms with van der Waals surface area (Å²) in [5.74, 6) is -0.556. The van der Waals surface area contributed by atoms with Crippen LogP contribution in [0.1, 0.15) is 53.9 Å². The molecular formula is C19H32N2O5. The van der Waals surface area contributed by atoms with Crippen LogP contribution in [-0.4, -0.2) is 43.8 Å². The molecule has 1 fully saturated rings. The number of alkyl carbamates (subject to hydrolysis) is 1. The fraction of sp³-hybridized carbons (Fsp3) is 0.737. The number of ether oxygens (including phenoxy) is 2. The van der Waals surface area contributed by atoms with E-state index in [0.717, 1.165) is 19.3 Å².